The SMILES string of the molecule is CC[C@@H]1C=C(NC(=O)OC)c2c(Cl)cc(Cl)cc2N1.CC[C@@H]1C=C(NC(=O)OC)c2cc(OC)ccc2N1.CC[C@H]1C=C(NC(=O)OC)c2c(Cl)cc(Cl)cc2N1.CC[C@H]1C=C(NC(=O)OC)c2cc(OC)ccc2N1. The number of carbonyl (C=O) groups excluding carboxylic acids is 4. The van der Waals surface area contributed by atoms with Gasteiger partial charge >= 0.3 is 24.4 Å². The van der Waals surface area contributed by atoms with Crippen LogP contribution in [0.1, 0.15) is 75.6 Å². The Morgan fingerprint density at radius 3 is 1.00 bits per heavy atom. The maximum atomic E-state index is 11.4. The van der Waals surface area contributed by atoms with Crippen LogP contribution in [0.15, 0.2) is 85.0 Å². The molecule has 0 saturated carbocycles. The van der Waals surface area contributed by atoms with Gasteiger partial charge < -0.3 is 49.7 Å². The zero-order valence-electron chi connectivity index (χ0n) is 43.8. The summed E-state index contributed by atoms with van der Waals surface area (Å²) in [6.07, 6.45) is 9.39. The van der Waals surface area contributed by atoms with E-state index in [9.17, 15) is 19.2 Å². The highest BCUT2D eigenvalue weighted by molar-refractivity contribution is 6.37. The van der Waals surface area contributed by atoms with Crippen LogP contribution in [0.2, 0.25) is 20.1 Å². The number of hydrogen-bond acceptors (Lipinski definition) is 14. The second-order valence-electron chi connectivity index (χ2n) is 16.9. The molecule has 4 aromatic carbocycles. The normalized spacial score (nSPS) is 16.9. The van der Waals surface area contributed by atoms with Gasteiger partial charge in [-0.05, 0) is 111 Å². The molecule has 18 nitrogen and oxygen atoms in total. The van der Waals surface area contributed by atoms with Gasteiger partial charge in [-0.15, -0.1) is 0 Å². The summed E-state index contributed by atoms with van der Waals surface area (Å²) in [6, 6.07) is 18.9. The number of ether oxygens (including phenoxy) is 6. The van der Waals surface area contributed by atoms with Gasteiger partial charge in [0.15, 0.2) is 0 Å². The van der Waals surface area contributed by atoms with Crippen molar-refractivity contribution in [3.63, 3.8) is 0 Å². The molecule has 0 unspecified atom stereocenters. The van der Waals surface area contributed by atoms with E-state index >= 15 is 0 Å². The molecule has 408 valence electrons. The van der Waals surface area contributed by atoms with Gasteiger partial charge in [-0.25, -0.2) is 19.2 Å². The van der Waals surface area contributed by atoms with E-state index in [1.807, 2.05) is 74.5 Å². The number of benzene rings is 4. The number of fused-ring (bicyclic) bond motifs is 4. The number of amides is 4. The van der Waals surface area contributed by atoms with Gasteiger partial charge in [0.2, 0.25) is 0 Å². The summed E-state index contributed by atoms with van der Waals surface area (Å²) in [5.74, 6) is 1.49. The third-order valence-electron chi connectivity index (χ3n) is 12.0. The van der Waals surface area contributed by atoms with E-state index < -0.39 is 24.4 Å². The van der Waals surface area contributed by atoms with Crippen molar-refractivity contribution < 1.29 is 47.6 Å². The molecule has 0 aliphatic carbocycles. The topological polar surface area (TPSA) is 220 Å². The van der Waals surface area contributed by atoms with E-state index in [1.165, 1.54) is 28.4 Å². The van der Waals surface area contributed by atoms with Crippen molar-refractivity contribution in [2.45, 2.75) is 77.5 Å². The highest BCUT2D eigenvalue weighted by atomic mass is 35.5. The van der Waals surface area contributed by atoms with Crippen LogP contribution in [-0.4, -0.2) is 91.2 Å². The van der Waals surface area contributed by atoms with Crippen LogP contribution in [0.25, 0.3) is 22.8 Å². The molecule has 0 bridgehead atoms. The fourth-order valence-corrected chi connectivity index (χ4v) is 9.18. The van der Waals surface area contributed by atoms with Crippen LogP contribution in [0, 0.1) is 0 Å². The fourth-order valence-electron chi connectivity index (χ4n) is 7.99. The Morgan fingerprint density at radius 1 is 0.421 bits per heavy atom. The van der Waals surface area contributed by atoms with E-state index in [4.69, 9.17) is 55.9 Å². The first kappa shape index (κ1) is 59.8. The molecule has 0 radical (unpaired) electrons. The molecule has 76 heavy (non-hydrogen) atoms. The smallest absolute Gasteiger partial charge is 0.411 e. The quantitative estimate of drug-likeness (QED) is 0.0693. The van der Waals surface area contributed by atoms with Gasteiger partial charge in [0.25, 0.3) is 0 Å². The summed E-state index contributed by atoms with van der Waals surface area (Å²) in [6.45, 7) is 8.25. The summed E-state index contributed by atoms with van der Waals surface area (Å²) in [4.78, 5) is 45.6. The predicted molar refractivity (Wildman–Crippen MR) is 304 cm³/mol. The Balaban J connectivity index is 0.000000187. The number of rotatable bonds is 10. The highest BCUT2D eigenvalue weighted by Gasteiger charge is 2.26. The Labute approximate surface area is 463 Å². The minimum Gasteiger partial charge on any atom is -0.497 e. The Kier molecular flexibility index (Phi) is 22.6. The third kappa shape index (κ3) is 16.0. The molecule has 4 amide bonds. The molecule has 8 rings (SSSR count). The number of nitrogens with one attached hydrogen (secondary N) is 8. The number of carbonyl (C=O) groups is 4. The Morgan fingerprint density at radius 2 is 0.711 bits per heavy atom. The van der Waals surface area contributed by atoms with Crippen molar-refractivity contribution >= 4 is 116 Å². The second-order valence-corrected chi connectivity index (χ2v) is 18.6. The number of anilines is 4. The molecule has 8 N–H and O–H groups in total. The maximum Gasteiger partial charge on any atom is 0.411 e. The van der Waals surface area contributed by atoms with E-state index in [2.05, 4.69) is 75.3 Å². The zero-order valence-corrected chi connectivity index (χ0v) is 46.8. The molecular weight excluding hydrogens is 1060 g/mol. The van der Waals surface area contributed by atoms with Gasteiger partial charge in [-0.2, -0.15) is 0 Å². The molecule has 4 aliphatic rings. The minimum absolute atomic E-state index is 0.106. The van der Waals surface area contributed by atoms with Crippen LogP contribution in [0.3, 0.4) is 0 Å². The first-order valence-corrected chi connectivity index (χ1v) is 25.6. The number of hydrogen-bond donors (Lipinski definition) is 8. The summed E-state index contributed by atoms with van der Waals surface area (Å²) in [7, 11) is 8.56. The first-order chi connectivity index (χ1) is 36.4. The standard InChI is InChI=1S/2C14H18N2O3.2C13H14Cl2N2O2/c2*1-4-9-7-13(16-14(17)19-3)11-8-10(18-2)5-6-12(11)15-9;2*1-3-8-6-11(17-13(18)19-2)12-9(15)4-7(14)5-10(12)16-8/h2*5-9,15H,4H2,1-3H3,(H,16,17);2*4-6,8,16H,3H2,1-2H3,(H,17,18)/t2*9-;2*8-/m1010/s1. The lowest BCUT2D eigenvalue weighted by atomic mass is 10.0. The molecule has 4 heterocycles. The maximum absolute atomic E-state index is 11.4. The van der Waals surface area contributed by atoms with Crippen molar-refractivity contribution in [1.82, 2.24) is 21.3 Å². The van der Waals surface area contributed by atoms with Crippen molar-refractivity contribution in [2.75, 3.05) is 63.9 Å². The van der Waals surface area contributed by atoms with Crippen molar-refractivity contribution in [1.29, 1.82) is 0 Å². The molecule has 4 aliphatic heterocycles. The Bertz CT molecular complexity index is 2690. The second kappa shape index (κ2) is 28.7. The van der Waals surface area contributed by atoms with Crippen LogP contribution in [0.5, 0.6) is 11.5 Å². The van der Waals surface area contributed by atoms with Gasteiger partial charge in [0.05, 0.1) is 75.5 Å². The molecule has 22 heteroatoms. The molecule has 4 aromatic rings. The predicted octanol–water partition coefficient (Wildman–Crippen LogP) is 13.0. The summed E-state index contributed by atoms with van der Waals surface area (Å²) in [5, 5.41) is 26.3. The lowest BCUT2D eigenvalue weighted by Crippen LogP contribution is -2.29. The van der Waals surface area contributed by atoms with Gasteiger partial charge in [-0.3, -0.25) is 21.3 Å². The lowest BCUT2D eigenvalue weighted by molar-refractivity contribution is 0.175. The van der Waals surface area contributed by atoms with E-state index in [-0.39, 0.29) is 24.2 Å². The third-order valence-corrected chi connectivity index (χ3v) is 13.0. The summed E-state index contributed by atoms with van der Waals surface area (Å²) >= 11 is 24.4. The van der Waals surface area contributed by atoms with E-state index in [0.29, 0.717) is 31.5 Å². The monoisotopic (exact) mass is 1120 g/mol. The molecule has 0 fully saturated rings. The average molecular weight is 1130 g/mol. The van der Waals surface area contributed by atoms with E-state index in [1.54, 1.807) is 38.5 Å². The molecule has 0 saturated heterocycles. The fraction of sp³-hybridized carbons (Fsp3) is 0.333. The van der Waals surface area contributed by atoms with Crippen molar-refractivity contribution in [3.8, 4) is 11.5 Å². The molecule has 0 aromatic heterocycles. The summed E-state index contributed by atoms with van der Waals surface area (Å²) in [5.41, 5.74) is 9.55. The Hall–Kier alpha value is -7.12. The largest absolute Gasteiger partial charge is 0.497 e. The molecular formula is C54H64Cl4N8O10. The van der Waals surface area contributed by atoms with Crippen LogP contribution in [-0.2, 0) is 18.9 Å². The lowest BCUT2D eigenvalue weighted by Gasteiger charge is -2.26. The van der Waals surface area contributed by atoms with Crippen molar-refractivity contribution in [2.24, 2.45) is 0 Å². The number of alkyl carbamates (subject to hydrolysis) is 4. The van der Waals surface area contributed by atoms with E-state index in [0.717, 1.165) is 93.6 Å². The zero-order chi connectivity index (χ0) is 55.6. The molecule has 0 spiro atoms. The van der Waals surface area contributed by atoms with Gasteiger partial charge in [0, 0.05) is 79.2 Å². The minimum atomic E-state index is -0.528. The van der Waals surface area contributed by atoms with Crippen molar-refractivity contribution in [3.05, 3.63) is 127 Å². The highest BCUT2D eigenvalue weighted by Crippen LogP contribution is 2.39. The number of methoxy groups -OCH3 is 6. The van der Waals surface area contributed by atoms with Gasteiger partial charge in [-0.1, -0.05) is 74.1 Å². The van der Waals surface area contributed by atoms with Gasteiger partial charge in [0.1, 0.15) is 11.5 Å². The first-order valence-electron chi connectivity index (χ1n) is 24.1. The van der Waals surface area contributed by atoms with Crippen LogP contribution < -0.4 is 52.0 Å². The number of halogens is 4. The van der Waals surface area contributed by atoms with Crippen LogP contribution in [0.4, 0.5) is 41.9 Å². The molecule has 4 atom stereocenters. The average Bonchev–Trinajstić information content (AvgIpc) is 3.42. The summed E-state index contributed by atoms with van der Waals surface area (Å²) < 4.78 is 29.0. The van der Waals surface area contributed by atoms with Crippen LogP contribution >= 0.6 is 46.4 Å².